The second-order valence-corrected chi connectivity index (χ2v) is 12.3. The number of urea groups is 1. The number of amides is 4. The Morgan fingerprint density at radius 1 is 1.18 bits per heavy atom. The lowest BCUT2D eigenvalue weighted by molar-refractivity contribution is -0.128. The van der Waals surface area contributed by atoms with Crippen LogP contribution in [0.25, 0.3) is 0 Å². The van der Waals surface area contributed by atoms with Gasteiger partial charge in [-0.3, -0.25) is 14.5 Å². The summed E-state index contributed by atoms with van der Waals surface area (Å²) in [5.74, 6) is 0.551. The molecule has 4 atom stereocenters. The average molecular weight is 552 g/mol. The molecule has 39 heavy (non-hydrogen) atoms. The van der Waals surface area contributed by atoms with E-state index >= 15 is 0 Å². The maximum absolute atomic E-state index is 13.6. The summed E-state index contributed by atoms with van der Waals surface area (Å²) in [5.41, 5.74) is 2.60. The van der Waals surface area contributed by atoms with Crippen molar-refractivity contribution in [1.82, 2.24) is 20.9 Å². The number of carbonyl (C=O) groups excluding carboxylic acids is 3. The number of thioether (sulfide) groups is 1. The minimum Gasteiger partial charge on any atom is -0.490 e. The van der Waals surface area contributed by atoms with Crippen LogP contribution in [0.1, 0.15) is 50.5 Å². The van der Waals surface area contributed by atoms with Crippen molar-refractivity contribution in [1.29, 1.82) is 0 Å². The van der Waals surface area contributed by atoms with E-state index in [1.165, 1.54) is 30.7 Å². The number of hydrogen-bond donors (Lipinski definition) is 3. The predicted octanol–water partition coefficient (Wildman–Crippen LogP) is 3.40. The van der Waals surface area contributed by atoms with Crippen LogP contribution in [0.15, 0.2) is 41.5 Å². The normalized spacial score (nSPS) is 28.7. The topological polar surface area (TPSA) is 103 Å². The van der Waals surface area contributed by atoms with Gasteiger partial charge in [0.2, 0.25) is 5.91 Å². The number of rotatable bonds is 6. The molecule has 4 amide bonds. The number of aryl methyl sites for hydroxylation is 1. The lowest BCUT2D eigenvalue weighted by Crippen LogP contribution is -2.62. The monoisotopic (exact) mass is 551 g/mol. The molecule has 6 rings (SSSR count). The fourth-order valence-electron chi connectivity index (χ4n) is 6.75. The first-order valence-electron chi connectivity index (χ1n) is 14.2. The third-order valence-corrected chi connectivity index (χ3v) is 9.98. The van der Waals surface area contributed by atoms with E-state index in [0.717, 1.165) is 61.3 Å². The quantitative estimate of drug-likeness (QED) is 0.469. The van der Waals surface area contributed by atoms with Crippen molar-refractivity contribution in [3.8, 4) is 5.75 Å². The van der Waals surface area contributed by atoms with Crippen molar-refractivity contribution in [3.05, 3.63) is 47.0 Å². The predicted molar refractivity (Wildman–Crippen MR) is 151 cm³/mol. The van der Waals surface area contributed by atoms with Gasteiger partial charge in [-0.1, -0.05) is 18.3 Å². The maximum atomic E-state index is 13.6. The van der Waals surface area contributed by atoms with E-state index in [0.29, 0.717) is 18.0 Å². The van der Waals surface area contributed by atoms with Crippen LogP contribution in [-0.4, -0.2) is 65.9 Å². The molecule has 1 saturated carbocycles. The van der Waals surface area contributed by atoms with Crippen molar-refractivity contribution in [2.75, 3.05) is 24.5 Å². The summed E-state index contributed by atoms with van der Waals surface area (Å²) in [7, 11) is 0. The number of piperidine rings is 2. The molecule has 1 aromatic rings. The molecule has 0 spiro atoms. The molecule has 1 aromatic carbocycles. The van der Waals surface area contributed by atoms with Crippen LogP contribution in [0.4, 0.5) is 10.5 Å². The molecule has 0 bridgehead atoms. The van der Waals surface area contributed by atoms with Gasteiger partial charge in [0.25, 0.3) is 5.91 Å². The lowest BCUT2D eigenvalue weighted by Gasteiger charge is -2.46. The van der Waals surface area contributed by atoms with Crippen molar-refractivity contribution in [3.63, 3.8) is 0 Å². The van der Waals surface area contributed by atoms with Gasteiger partial charge in [-0.15, -0.1) is 0 Å². The van der Waals surface area contributed by atoms with Gasteiger partial charge in [-0.05, 0) is 88.3 Å². The molecule has 5 aliphatic rings. The molecular weight excluding hydrogens is 514 g/mol. The van der Waals surface area contributed by atoms with Crippen LogP contribution < -0.4 is 25.6 Å². The standard InChI is InChI=1S/C29H37N5O4S/c1-3-23(35)33-14-6-7-18(16-33)31-27(36)26-25-24-22(12-13-30-28(24)39-26)34(29(37)32-25)21-11-10-20(15-17(21)2)38-19-8-4-5-9-19/h3,10-11,15,18-19,22,24,28,30H,1,4-9,12-14,16H2,2H3,(H,31,36)(H,32,37)/t18-,22?,24?,28?/m1/s1. The molecule has 4 fully saturated rings. The Morgan fingerprint density at radius 2 is 2.00 bits per heavy atom. The number of nitrogens with zero attached hydrogens (tertiary/aromatic N) is 2. The molecule has 0 radical (unpaired) electrons. The van der Waals surface area contributed by atoms with E-state index in [-0.39, 0.29) is 47.3 Å². The molecule has 208 valence electrons. The minimum atomic E-state index is -0.201. The summed E-state index contributed by atoms with van der Waals surface area (Å²) in [6, 6.07) is 5.64. The van der Waals surface area contributed by atoms with Gasteiger partial charge < -0.3 is 25.6 Å². The third kappa shape index (κ3) is 5.04. The summed E-state index contributed by atoms with van der Waals surface area (Å²) >= 11 is 1.50. The van der Waals surface area contributed by atoms with Gasteiger partial charge in [0.15, 0.2) is 0 Å². The molecule has 0 aromatic heterocycles. The molecule has 3 unspecified atom stereocenters. The number of carbonyl (C=O) groups is 3. The second kappa shape index (κ2) is 10.9. The Morgan fingerprint density at radius 3 is 2.77 bits per heavy atom. The fraction of sp³-hybridized carbons (Fsp3) is 0.552. The summed E-state index contributed by atoms with van der Waals surface area (Å²) in [6.07, 6.45) is 8.68. The summed E-state index contributed by atoms with van der Waals surface area (Å²) in [4.78, 5) is 43.3. The molecular formula is C29H37N5O4S. The third-order valence-electron chi connectivity index (χ3n) is 8.62. The zero-order valence-corrected chi connectivity index (χ0v) is 23.2. The summed E-state index contributed by atoms with van der Waals surface area (Å²) < 4.78 is 6.19. The van der Waals surface area contributed by atoms with Gasteiger partial charge in [0.05, 0.1) is 22.4 Å². The van der Waals surface area contributed by atoms with Gasteiger partial charge >= 0.3 is 6.03 Å². The molecule has 3 N–H and O–H groups in total. The van der Waals surface area contributed by atoms with Crippen LogP contribution in [-0.2, 0) is 9.59 Å². The SMILES string of the molecule is C=CC(=O)N1CCC[C@@H](NC(=O)C2=C3NC(=O)N(c4ccc(OC5CCCC5)cc4C)C4CCNC(S2)C34)C1. The van der Waals surface area contributed by atoms with Gasteiger partial charge in [0, 0.05) is 36.4 Å². The Hall–Kier alpha value is -2.98. The Balaban J connectivity index is 1.21. The molecule has 1 aliphatic carbocycles. The highest BCUT2D eigenvalue weighted by molar-refractivity contribution is 8.04. The first-order chi connectivity index (χ1) is 18.9. The van der Waals surface area contributed by atoms with Crippen molar-refractivity contribution < 1.29 is 19.1 Å². The molecule has 3 saturated heterocycles. The number of hydrogen-bond acceptors (Lipinski definition) is 6. The Labute approximate surface area is 233 Å². The first-order valence-corrected chi connectivity index (χ1v) is 15.0. The fourth-order valence-corrected chi connectivity index (χ4v) is 8.15. The lowest BCUT2D eigenvalue weighted by atomic mass is 9.86. The van der Waals surface area contributed by atoms with Crippen LogP contribution in [0, 0.1) is 12.8 Å². The Bertz CT molecular complexity index is 1210. The van der Waals surface area contributed by atoms with Crippen LogP contribution in [0.2, 0.25) is 0 Å². The van der Waals surface area contributed by atoms with Gasteiger partial charge in [0.1, 0.15) is 5.75 Å². The maximum Gasteiger partial charge on any atom is 0.326 e. The van der Waals surface area contributed by atoms with Crippen molar-refractivity contribution in [2.24, 2.45) is 5.92 Å². The molecule has 4 heterocycles. The van der Waals surface area contributed by atoms with E-state index in [2.05, 4.69) is 22.5 Å². The van der Waals surface area contributed by atoms with E-state index in [9.17, 15) is 14.4 Å². The largest absolute Gasteiger partial charge is 0.490 e. The highest BCUT2D eigenvalue weighted by Crippen LogP contribution is 2.48. The summed E-state index contributed by atoms with van der Waals surface area (Å²) in [6.45, 7) is 7.52. The smallest absolute Gasteiger partial charge is 0.326 e. The number of anilines is 1. The first kappa shape index (κ1) is 26.3. The van der Waals surface area contributed by atoms with E-state index in [1.54, 1.807) is 4.90 Å². The van der Waals surface area contributed by atoms with Gasteiger partial charge in [-0.2, -0.15) is 0 Å². The van der Waals surface area contributed by atoms with Gasteiger partial charge in [-0.25, -0.2) is 4.79 Å². The molecule has 10 heteroatoms. The van der Waals surface area contributed by atoms with Crippen molar-refractivity contribution in [2.45, 2.75) is 75.4 Å². The minimum absolute atomic E-state index is 0.0121. The van der Waals surface area contributed by atoms with E-state index in [1.807, 2.05) is 30.0 Å². The molecule has 4 aliphatic heterocycles. The molecule has 9 nitrogen and oxygen atoms in total. The average Bonchev–Trinajstić information content (AvgIpc) is 3.58. The van der Waals surface area contributed by atoms with E-state index in [4.69, 9.17) is 4.74 Å². The van der Waals surface area contributed by atoms with E-state index < -0.39 is 0 Å². The van der Waals surface area contributed by atoms with Crippen molar-refractivity contribution >= 4 is 35.3 Å². The second-order valence-electron chi connectivity index (χ2n) is 11.2. The van der Waals surface area contributed by atoms with Crippen LogP contribution in [0.3, 0.4) is 0 Å². The summed E-state index contributed by atoms with van der Waals surface area (Å²) in [5, 5.41) is 9.80. The Kier molecular flexibility index (Phi) is 7.33. The van der Waals surface area contributed by atoms with Crippen LogP contribution >= 0.6 is 11.8 Å². The highest BCUT2D eigenvalue weighted by atomic mass is 32.2. The van der Waals surface area contributed by atoms with Crippen LogP contribution in [0.5, 0.6) is 5.75 Å². The number of likely N-dealkylation sites (tertiary alicyclic amines) is 1. The zero-order valence-electron chi connectivity index (χ0n) is 22.4. The highest BCUT2D eigenvalue weighted by Gasteiger charge is 2.52. The number of nitrogens with one attached hydrogen (secondary N) is 3. The number of ether oxygens (including phenoxy) is 1. The zero-order chi connectivity index (χ0) is 27.1. The number of benzene rings is 1.